The summed E-state index contributed by atoms with van der Waals surface area (Å²) in [5.41, 5.74) is 0.678. The van der Waals surface area contributed by atoms with Crippen LogP contribution < -0.4 is 16.1 Å². The lowest BCUT2D eigenvalue weighted by Gasteiger charge is -2.42. The number of rotatable bonds is 1. The molecule has 4 heterocycles. The third-order valence-electron chi connectivity index (χ3n) is 7.42. The van der Waals surface area contributed by atoms with Gasteiger partial charge in [0.25, 0.3) is 17.7 Å². The molecule has 19 heteroatoms. The number of hydrogen-bond donors (Lipinski definition) is 6. The van der Waals surface area contributed by atoms with Crippen molar-refractivity contribution in [3.8, 4) is 0 Å². The van der Waals surface area contributed by atoms with Gasteiger partial charge >= 0.3 is 5.97 Å². The summed E-state index contributed by atoms with van der Waals surface area (Å²) in [7, 11) is 0. The van der Waals surface area contributed by atoms with Gasteiger partial charge in [-0.2, -0.15) is 10.2 Å². The fraction of sp³-hybridized carbons (Fsp3) is 0.667. The number of esters is 1. The van der Waals surface area contributed by atoms with Crippen molar-refractivity contribution in [2.75, 3.05) is 19.8 Å². The summed E-state index contributed by atoms with van der Waals surface area (Å²) in [4.78, 5) is 80.0. The highest BCUT2D eigenvalue weighted by molar-refractivity contribution is 6.21. The Bertz CT molecular complexity index is 1230. The second-order valence-corrected chi connectivity index (χ2v) is 11.3. The fourth-order valence-electron chi connectivity index (χ4n) is 4.92. The minimum Gasteiger partial charge on any atom is -0.454 e. The molecule has 43 heavy (non-hydrogen) atoms. The first-order valence-corrected chi connectivity index (χ1v) is 13.9. The van der Waals surface area contributed by atoms with Gasteiger partial charge in [-0.25, -0.2) is 20.2 Å². The Morgan fingerprint density at radius 3 is 2.49 bits per heavy atom. The maximum absolute atomic E-state index is 13.8. The number of aliphatic hydroxyl groups excluding tert-OH is 3. The summed E-state index contributed by atoms with van der Waals surface area (Å²) in [6, 6.07) is -5.74. The molecule has 0 bridgehead atoms. The number of carbonyl (C=O) groups is 6. The Morgan fingerprint density at radius 1 is 1.07 bits per heavy atom. The highest BCUT2D eigenvalue weighted by Crippen LogP contribution is 2.24. The lowest BCUT2D eigenvalue weighted by Crippen LogP contribution is -2.67. The van der Waals surface area contributed by atoms with Crippen LogP contribution in [0.5, 0.6) is 0 Å². The van der Waals surface area contributed by atoms with Crippen molar-refractivity contribution < 1.29 is 48.8 Å². The standard InChI is InChI=1S/C24H33ClN8O10/c1-11-21(40)32-14(6-12(25)7-27-32)22(41)31-13(4-3-5-26-31)19(38)30-24(2,10-34)23(42)43-9-16(36)33-17(20(39)29-11)18(37)15(35)8-28-33/h5,8,11-15,17-18,27,34-35,37H,3-4,6-7,9-10H2,1-2H3,(H,29,39)(H,30,38)/t11-,12-,13+,14+,15-,17+,18+,24-/m0/s1. The van der Waals surface area contributed by atoms with Gasteiger partial charge < -0.3 is 30.7 Å². The van der Waals surface area contributed by atoms with E-state index in [2.05, 4.69) is 26.3 Å². The van der Waals surface area contributed by atoms with Gasteiger partial charge in [0, 0.05) is 12.8 Å². The molecular weight excluding hydrogens is 596 g/mol. The number of ether oxygens (including phenoxy) is 1. The number of hydrogen-bond acceptors (Lipinski definition) is 13. The summed E-state index contributed by atoms with van der Waals surface area (Å²) < 4.78 is 5.03. The van der Waals surface area contributed by atoms with E-state index in [1.165, 1.54) is 13.1 Å². The van der Waals surface area contributed by atoms with Crippen LogP contribution in [0.15, 0.2) is 10.2 Å². The summed E-state index contributed by atoms with van der Waals surface area (Å²) in [5.74, 6) is -5.88. The van der Waals surface area contributed by atoms with Gasteiger partial charge in [-0.15, -0.1) is 11.6 Å². The normalized spacial score (nSPS) is 36.5. The van der Waals surface area contributed by atoms with Crippen LogP contribution in [0.3, 0.4) is 0 Å². The maximum atomic E-state index is 13.8. The molecule has 2 fully saturated rings. The molecule has 0 aliphatic carbocycles. The first-order valence-electron chi connectivity index (χ1n) is 13.5. The predicted octanol–water partition coefficient (Wildman–Crippen LogP) is -4.48. The molecule has 0 aromatic carbocycles. The highest BCUT2D eigenvalue weighted by atomic mass is 35.5. The monoisotopic (exact) mass is 628 g/mol. The van der Waals surface area contributed by atoms with Crippen LogP contribution in [-0.2, 0) is 33.5 Å². The van der Waals surface area contributed by atoms with Crippen molar-refractivity contribution in [2.45, 2.75) is 80.4 Å². The van der Waals surface area contributed by atoms with E-state index >= 15 is 0 Å². The van der Waals surface area contributed by atoms with Crippen LogP contribution in [0, 0.1) is 0 Å². The van der Waals surface area contributed by atoms with Gasteiger partial charge in [0.05, 0.1) is 18.2 Å². The first kappa shape index (κ1) is 32.2. The van der Waals surface area contributed by atoms with Crippen molar-refractivity contribution in [3.05, 3.63) is 0 Å². The second kappa shape index (κ2) is 12.9. The number of nitrogens with zero attached hydrogens (tertiary/aromatic N) is 5. The molecule has 0 unspecified atom stereocenters. The van der Waals surface area contributed by atoms with Crippen LogP contribution in [0.25, 0.3) is 0 Å². The van der Waals surface area contributed by atoms with E-state index in [-0.39, 0.29) is 19.4 Å². The van der Waals surface area contributed by atoms with Crippen LogP contribution in [-0.4, -0.2) is 145 Å². The Balaban J connectivity index is 1.74. The third kappa shape index (κ3) is 6.47. The van der Waals surface area contributed by atoms with E-state index < -0.39 is 96.0 Å². The summed E-state index contributed by atoms with van der Waals surface area (Å²) >= 11 is 6.31. The topological polar surface area (TPSA) is 243 Å². The van der Waals surface area contributed by atoms with Gasteiger partial charge in [-0.3, -0.25) is 29.0 Å². The van der Waals surface area contributed by atoms with Gasteiger partial charge in [-0.05, 0) is 33.1 Å². The van der Waals surface area contributed by atoms with Gasteiger partial charge in [-0.1, -0.05) is 0 Å². The number of halogens is 1. The molecule has 2 saturated heterocycles. The number of carbonyl (C=O) groups excluding carboxylic acids is 6. The predicted molar refractivity (Wildman–Crippen MR) is 145 cm³/mol. The van der Waals surface area contributed by atoms with Crippen molar-refractivity contribution >= 4 is 59.5 Å². The minimum atomic E-state index is -2.08. The molecule has 6 N–H and O–H groups in total. The number of hydrazine groups is 1. The van der Waals surface area contributed by atoms with Crippen LogP contribution >= 0.6 is 11.6 Å². The highest BCUT2D eigenvalue weighted by Gasteiger charge is 2.47. The van der Waals surface area contributed by atoms with Crippen LogP contribution in [0.2, 0.25) is 0 Å². The largest absolute Gasteiger partial charge is 0.454 e. The van der Waals surface area contributed by atoms with Gasteiger partial charge in [0.2, 0.25) is 11.8 Å². The molecule has 4 aliphatic heterocycles. The molecule has 4 aliphatic rings. The fourth-order valence-corrected chi connectivity index (χ4v) is 5.15. The average molecular weight is 629 g/mol. The van der Waals surface area contributed by atoms with E-state index in [0.717, 1.165) is 23.2 Å². The SMILES string of the molecule is C[C@@H]1NC(=O)[C@H]2[C@H](O)[C@@H](O)C=NN2C(=O)COC(=O)[C@](C)(CO)NC(=O)[C@H]2CCC=NN2C(=O)[C@H]2C[C@H](Cl)CNN2C1=O. The summed E-state index contributed by atoms with van der Waals surface area (Å²) in [6.07, 6.45) is -1.03. The molecule has 0 aromatic heterocycles. The average Bonchev–Trinajstić information content (AvgIpc) is 2.99. The Hall–Kier alpha value is -3.71. The number of amides is 5. The van der Waals surface area contributed by atoms with Gasteiger partial charge in [0.15, 0.2) is 18.2 Å². The third-order valence-corrected chi connectivity index (χ3v) is 7.75. The van der Waals surface area contributed by atoms with Crippen LogP contribution in [0.1, 0.15) is 33.1 Å². The molecular formula is C24H33ClN8O10. The molecule has 4 rings (SSSR count). The Morgan fingerprint density at radius 2 is 1.79 bits per heavy atom. The number of nitrogens with one attached hydrogen (secondary N) is 3. The molecule has 236 valence electrons. The zero-order chi connectivity index (χ0) is 31.6. The number of cyclic esters (lactones) is 1. The lowest BCUT2D eigenvalue weighted by molar-refractivity contribution is -0.165. The van der Waals surface area contributed by atoms with Crippen molar-refractivity contribution in [1.82, 2.24) is 31.1 Å². The molecule has 18 nitrogen and oxygen atoms in total. The molecule has 0 radical (unpaired) electrons. The zero-order valence-corrected chi connectivity index (χ0v) is 24.0. The van der Waals surface area contributed by atoms with E-state index in [1.54, 1.807) is 0 Å². The van der Waals surface area contributed by atoms with Crippen LogP contribution in [0.4, 0.5) is 0 Å². The molecule has 0 aromatic rings. The summed E-state index contributed by atoms with van der Waals surface area (Å²) in [6.45, 7) is 0.498. The Kier molecular flexibility index (Phi) is 9.65. The molecule has 8 atom stereocenters. The number of hydrazone groups is 2. The van der Waals surface area contributed by atoms with E-state index in [9.17, 15) is 44.1 Å². The minimum absolute atomic E-state index is 0.0502. The lowest BCUT2D eigenvalue weighted by atomic mass is 10.00. The van der Waals surface area contributed by atoms with E-state index in [0.29, 0.717) is 11.4 Å². The van der Waals surface area contributed by atoms with E-state index in [4.69, 9.17) is 16.3 Å². The maximum Gasteiger partial charge on any atom is 0.334 e. The zero-order valence-electron chi connectivity index (χ0n) is 23.3. The smallest absolute Gasteiger partial charge is 0.334 e. The number of alkyl halides is 1. The second-order valence-electron chi connectivity index (χ2n) is 10.7. The number of aliphatic hydroxyl groups is 3. The summed E-state index contributed by atoms with van der Waals surface area (Å²) in [5, 5.41) is 44.9. The quantitative estimate of drug-likeness (QED) is 0.119. The molecule has 5 amide bonds. The number of fused-ring (bicyclic) bond motifs is 3. The van der Waals surface area contributed by atoms with Crippen molar-refractivity contribution in [1.29, 1.82) is 0 Å². The van der Waals surface area contributed by atoms with Crippen molar-refractivity contribution in [3.63, 3.8) is 0 Å². The van der Waals surface area contributed by atoms with Gasteiger partial charge in [0.1, 0.15) is 30.3 Å². The van der Waals surface area contributed by atoms with E-state index in [1.807, 2.05) is 0 Å². The first-order chi connectivity index (χ1) is 20.3. The molecule has 0 spiro atoms. The van der Waals surface area contributed by atoms with Crippen molar-refractivity contribution in [2.24, 2.45) is 10.2 Å². The molecule has 0 saturated carbocycles. The Labute approximate surface area is 250 Å².